The van der Waals surface area contributed by atoms with E-state index in [1.807, 2.05) is 55.8 Å². The van der Waals surface area contributed by atoms with Crippen molar-refractivity contribution >= 4 is 29.2 Å². The van der Waals surface area contributed by atoms with Crippen molar-refractivity contribution in [3.63, 3.8) is 0 Å². The first-order valence-electron chi connectivity index (χ1n) is 12.6. The van der Waals surface area contributed by atoms with Gasteiger partial charge in [-0.3, -0.25) is 14.4 Å². The van der Waals surface area contributed by atoms with Gasteiger partial charge in [0, 0.05) is 57.4 Å². The number of ether oxygens (including phenoxy) is 1. The van der Waals surface area contributed by atoms with E-state index in [1.54, 1.807) is 32.3 Å². The van der Waals surface area contributed by atoms with Gasteiger partial charge in [-0.25, -0.2) is 4.98 Å². The minimum atomic E-state index is -0.433. The maximum absolute atomic E-state index is 13.1. The van der Waals surface area contributed by atoms with E-state index in [2.05, 4.69) is 10.3 Å². The summed E-state index contributed by atoms with van der Waals surface area (Å²) in [5, 5.41) is 3.34. The van der Waals surface area contributed by atoms with Gasteiger partial charge in [0.1, 0.15) is 5.75 Å². The number of aromatic nitrogens is 2. The van der Waals surface area contributed by atoms with E-state index in [0.29, 0.717) is 35.1 Å². The van der Waals surface area contributed by atoms with Gasteiger partial charge in [0.15, 0.2) is 11.6 Å². The molecule has 3 rings (SSSR count). The number of hydrogen-bond donors (Lipinski definition) is 1. The molecule has 1 N–H and O–H groups in total. The molecule has 1 atom stereocenters. The summed E-state index contributed by atoms with van der Waals surface area (Å²) in [6.45, 7) is 7.92. The molecule has 0 aliphatic carbocycles. The van der Waals surface area contributed by atoms with Crippen molar-refractivity contribution in [1.29, 1.82) is 0 Å². The summed E-state index contributed by atoms with van der Waals surface area (Å²) >= 11 is 6.32. The predicted octanol–water partition coefficient (Wildman–Crippen LogP) is 5.03. The number of ketones is 1. The Balaban J connectivity index is 1.78. The standard InChI is InChI=1S/C29H35ClN4O4/c1-7-34-17-25(32-28(34)19(4)35)21-10-8-20(9-11-21)14-23(16-27(36)33(5)6)31-29(37)22-12-13-26(24(30)15-22)38-18(2)3/h8-13,15,17-18,23H,7,14,16H2,1-6H3,(H,31,37). The molecule has 0 aliphatic rings. The second-order valence-electron chi connectivity index (χ2n) is 9.67. The Morgan fingerprint density at radius 2 is 1.79 bits per heavy atom. The van der Waals surface area contributed by atoms with Gasteiger partial charge in [-0.2, -0.15) is 0 Å². The number of benzene rings is 2. The molecule has 0 radical (unpaired) electrons. The number of halogens is 1. The van der Waals surface area contributed by atoms with Gasteiger partial charge in [-0.05, 0) is 51.0 Å². The molecule has 0 saturated heterocycles. The fourth-order valence-corrected chi connectivity index (χ4v) is 4.23. The molecular weight excluding hydrogens is 504 g/mol. The monoisotopic (exact) mass is 538 g/mol. The number of imidazole rings is 1. The predicted molar refractivity (Wildman–Crippen MR) is 149 cm³/mol. The minimum absolute atomic E-state index is 0.0430. The lowest BCUT2D eigenvalue weighted by Gasteiger charge is -2.21. The van der Waals surface area contributed by atoms with Crippen LogP contribution in [0, 0.1) is 0 Å². The van der Waals surface area contributed by atoms with Crippen LogP contribution in [-0.4, -0.2) is 58.3 Å². The smallest absolute Gasteiger partial charge is 0.251 e. The van der Waals surface area contributed by atoms with E-state index in [4.69, 9.17) is 16.3 Å². The van der Waals surface area contributed by atoms with Crippen molar-refractivity contribution in [3.05, 3.63) is 70.6 Å². The van der Waals surface area contributed by atoms with Crippen LogP contribution in [0.25, 0.3) is 11.3 Å². The van der Waals surface area contributed by atoms with Crippen LogP contribution < -0.4 is 10.1 Å². The van der Waals surface area contributed by atoms with Gasteiger partial charge in [-0.15, -0.1) is 0 Å². The Morgan fingerprint density at radius 1 is 1.11 bits per heavy atom. The molecule has 2 amide bonds. The van der Waals surface area contributed by atoms with Gasteiger partial charge in [0.25, 0.3) is 5.91 Å². The first kappa shape index (κ1) is 28.9. The highest BCUT2D eigenvalue weighted by molar-refractivity contribution is 6.32. The fraction of sp³-hybridized carbons (Fsp3) is 0.379. The second-order valence-corrected chi connectivity index (χ2v) is 10.1. The molecule has 0 aliphatic heterocycles. The average molecular weight is 539 g/mol. The van der Waals surface area contributed by atoms with Gasteiger partial charge < -0.3 is 19.5 Å². The molecule has 0 bridgehead atoms. The highest BCUT2D eigenvalue weighted by Crippen LogP contribution is 2.27. The summed E-state index contributed by atoms with van der Waals surface area (Å²) in [6, 6.07) is 12.2. The number of hydrogen-bond acceptors (Lipinski definition) is 5. The molecular formula is C29H35ClN4O4. The summed E-state index contributed by atoms with van der Waals surface area (Å²) < 4.78 is 7.48. The molecule has 8 nitrogen and oxygen atoms in total. The third-order valence-corrected chi connectivity index (χ3v) is 6.27. The van der Waals surface area contributed by atoms with Crippen LogP contribution in [0.5, 0.6) is 5.75 Å². The summed E-state index contributed by atoms with van der Waals surface area (Å²) in [5.74, 6) is 0.449. The van der Waals surface area contributed by atoms with Crippen LogP contribution in [-0.2, 0) is 17.8 Å². The SMILES string of the molecule is CCn1cc(-c2ccc(CC(CC(=O)N(C)C)NC(=O)c3ccc(OC(C)C)c(Cl)c3)cc2)nc1C(C)=O. The van der Waals surface area contributed by atoms with Crippen molar-refractivity contribution in [2.24, 2.45) is 0 Å². The molecule has 3 aromatic rings. The molecule has 38 heavy (non-hydrogen) atoms. The second kappa shape index (κ2) is 12.7. The van der Waals surface area contributed by atoms with Crippen LogP contribution in [0.4, 0.5) is 0 Å². The largest absolute Gasteiger partial charge is 0.489 e. The molecule has 9 heteroatoms. The molecule has 202 valence electrons. The summed E-state index contributed by atoms with van der Waals surface area (Å²) in [7, 11) is 3.38. The average Bonchev–Trinajstić information content (AvgIpc) is 3.30. The Bertz CT molecular complexity index is 1300. The molecule has 2 aromatic carbocycles. The van der Waals surface area contributed by atoms with E-state index in [0.717, 1.165) is 16.8 Å². The number of nitrogens with zero attached hydrogens (tertiary/aromatic N) is 3. The maximum atomic E-state index is 13.1. The topological polar surface area (TPSA) is 93.5 Å². The van der Waals surface area contributed by atoms with Crippen LogP contribution in [0.1, 0.15) is 60.7 Å². The number of rotatable bonds is 11. The molecule has 1 unspecified atom stereocenters. The van der Waals surface area contributed by atoms with Gasteiger partial charge >= 0.3 is 0 Å². The van der Waals surface area contributed by atoms with E-state index < -0.39 is 6.04 Å². The Morgan fingerprint density at radius 3 is 2.32 bits per heavy atom. The van der Waals surface area contributed by atoms with E-state index in [1.165, 1.54) is 11.8 Å². The molecule has 0 saturated carbocycles. The van der Waals surface area contributed by atoms with E-state index >= 15 is 0 Å². The lowest BCUT2D eigenvalue weighted by molar-refractivity contribution is -0.129. The lowest BCUT2D eigenvalue weighted by atomic mass is 10.00. The number of aryl methyl sites for hydroxylation is 1. The van der Waals surface area contributed by atoms with E-state index in [9.17, 15) is 14.4 Å². The van der Waals surface area contributed by atoms with Crippen LogP contribution in [0.15, 0.2) is 48.7 Å². The van der Waals surface area contributed by atoms with Crippen molar-refractivity contribution in [1.82, 2.24) is 19.8 Å². The highest BCUT2D eigenvalue weighted by Gasteiger charge is 2.20. The van der Waals surface area contributed by atoms with E-state index in [-0.39, 0.29) is 30.1 Å². The van der Waals surface area contributed by atoms with Crippen molar-refractivity contribution < 1.29 is 19.1 Å². The lowest BCUT2D eigenvalue weighted by Crippen LogP contribution is -2.40. The summed E-state index contributed by atoms with van der Waals surface area (Å²) in [4.78, 5) is 43.5. The number of nitrogens with one attached hydrogen (secondary N) is 1. The van der Waals surface area contributed by atoms with Crippen LogP contribution in [0.2, 0.25) is 5.02 Å². The first-order valence-corrected chi connectivity index (χ1v) is 13.0. The zero-order chi connectivity index (χ0) is 28.0. The Kier molecular flexibility index (Phi) is 9.69. The zero-order valence-corrected chi connectivity index (χ0v) is 23.5. The Hall–Kier alpha value is -3.65. The fourth-order valence-electron chi connectivity index (χ4n) is 4.00. The number of carbonyl (C=O) groups excluding carboxylic acids is 3. The summed E-state index contributed by atoms with van der Waals surface area (Å²) in [5.41, 5.74) is 2.94. The highest BCUT2D eigenvalue weighted by atomic mass is 35.5. The molecule has 0 spiro atoms. The third-order valence-electron chi connectivity index (χ3n) is 5.98. The molecule has 1 aromatic heterocycles. The zero-order valence-electron chi connectivity index (χ0n) is 22.7. The van der Waals surface area contributed by atoms with Crippen LogP contribution in [0.3, 0.4) is 0 Å². The van der Waals surface area contributed by atoms with Gasteiger partial charge in [0.2, 0.25) is 5.91 Å². The van der Waals surface area contributed by atoms with Gasteiger partial charge in [0.05, 0.1) is 16.8 Å². The van der Waals surface area contributed by atoms with Crippen molar-refractivity contribution in [3.8, 4) is 17.0 Å². The Labute approximate surface area is 229 Å². The number of Topliss-reactive ketones (excluding diaryl/α,β-unsaturated/α-hetero) is 1. The number of carbonyl (C=O) groups is 3. The maximum Gasteiger partial charge on any atom is 0.251 e. The molecule has 0 fully saturated rings. The summed E-state index contributed by atoms with van der Waals surface area (Å²) in [6.07, 6.45) is 2.42. The number of amides is 2. The third kappa shape index (κ3) is 7.44. The molecule has 1 heterocycles. The van der Waals surface area contributed by atoms with Crippen molar-refractivity contribution in [2.75, 3.05) is 14.1 Å². The van der Waals surface area contributed by atoms with Crippen molar-refractivity contribution in [2.45, 2.75) is 59.2 Å². The van der Waals surface area contributed by atoms with Gasteiger partial charge in [-0.1, -0.05) is 35.9 Å². The first-order chi connectivity index (χ1) is 18.0. The quantitative estimate of drug-likeness (QED) is 0.345. The minimum Gasteiger partial charge on any atom is -0.489 e. The normalized spacial score (nSPS) is 11.8. The van der Waals surface area contributed by atoms with Crippen LogP contribution >= 0.6 is 11.6 Å².